The van der Waals surface area contributed by atoms with Gasteiger partial charge in [-0.1, -0.05) is 6.92 Å². The predicted octanol–water partition coefficient (Wildman–Crippen LogP) is 2.00. The molecule has 0 fully saturated rings. The van der Waals surface area contributed by atoms with Gasteiger partial charge in [-0.2, -0.15) is 0 Å². The lowest BCUT2D eigenvalue weighted by Crippen LogP contribution is -2.14. The lowest BCUT2D eigenvalue weighted by atomic mass is 10.2. The lowest BCUT2D eigenvalue weighted by Gasteiger charge is -2.07. The van der Waals surface area contributed by atoms with Gasteiger partial charge in [0.1, 0.15) is 11.6 Å². The van der Waals surface area contributed by atoms with Crippen LogP contribution in [0.1, 0.15) is 28.8 Å². The Bertz CT molecular complexity index is 799. The highest BCUT2D eigenvalue weighted by Crippen LogP contribution is 2.13. The van der Waals surface area contributed by atoms with E-state index in [2.05, 4.69) is 15.3 Å². The van der Waals surface area contributed by atoms with Crippen molar-refractivity contribution in [3.8, 4) is 0 Å². The number of anilines is 1. The van der Waals surface area contributed by atoms with Crippen LogP contribution in [-0.2, 0) is 16.3 Å². The zero-order valence-corrected chi connectivity index (χ0v) is 13.4. The summed E-state index contributed by atoms with van der Waals surface area (Å²) in [7, 11) is -3.27. The Hall–Kier alpha value is -2.28. The van der Waals surface area contributed by atoms with E-state index in [4.69, 9.17) is 0 Å². The summed E-state index contributed by atoms with van der Waals surface area (Å²) in [5.74, 6) is 0.670. The van der Waals surface area contributed by atoms with Crippen LogP contribution >= 0.6 is 0 Å². The van der Waals surface area contributed by atoms with Gasteiger partial charge in [0, 0.05) is 23.6 Å². The molecule has 1 aromatic carbocycles. The highest BCUT2D eigenvalue weighted by molar-refractivity contribution is 7.90. The molecule has 0 atom stereocenters. The number of carbonyl (C=O) groups is 1. The number of aryl methyl sites for hydroxylation is 2. The van der Waals surface area contributed by atoms with Gasteiger partial charge in [0.15, 0.2) is 9.84 Å². The van der Waals surface area contributed by atoms with Crippen molar-refractivity contribution in [1.29, 1.82) is 0 Å². The number of hydrogen-bond donors (Lipinski definition) is 1. The molecule has 22 heavy (non-hydrogen) atoms. The Labute approximate surface area is 129 Å². The minimum atomic E-state index is -3.27. The highest BCUT2D eigenvalue weighted by atomic mass is 32.2. The van der Waals surface area contributed by atoms with E-state index in [0.717, 1.165) is 18.4 Å². The predicted molar refractivity (Wildman–Crippen MR) is 83.7 cm³/mol. The monoisotopic (exact) mass is 319 g/mol. The molecule has 1 N–H and O–H groups in total. The Morgan fingerprint density at radius 2 is 1.82 bits per heavy atom. The molecule has 1 heterocycles. The van der Waals surface area contributed by atoms with Gasteiger partial charge in [-0.05, 0) is 37.6 Å². The van der Waals surface area contributed by atoms with Crippen molar-refractivity contribution >= 4 is 21.6 Å². The molecular formula is C15H17N3O3S. The van der Waals surface area contributed by atoms with Crippen molar-refractivity contribution in [3.63, 3.8) is 0 Å². The molecule has 1 amide bonds. The third-order valence-electron chi connectivity index (χ3n) is 3.04. The number of hydrogen-bond acceptors (Lipinski definition) is 5. The maximum absolute atomic E-state index is 12.2. The quantitative estimate of drug-likeness (QED) is 0.931. The average molecular weight is 319 g/mol. The van der Waals surface area contributed by atoms with E-state index < -0.39 is 9.84 Å². The molecule has 7 heteroatoms. The second kappa shape index (κ2) is 6.23. The first-order valence-electron chi connectivity index (χ1n) is 6.75. The van der Waals surface area contributed by atoms with Crippen LogP contribution in [0.5, 0.6) is 0 Å². The Kier molecular flexibility index (Phi) is 4.56. The molecule has 0 unspecified atom stereocenters. The van der Waals surface area contributed by atoms with Crippen LogP contribution in [-0.4, -0.2) is 30.5 Å². The van der Waals surface area contributed by atoms with Gasteiger partial charge in [-0.3, -0.25) is 4.79 Å². The molecule has 0 bridgehead atoms. The molecule has 2 aromatic rings. The number of aromatic nitrogens is 2. The fourth-order valence-corrected chi connectivity index (χ4v) is 2.55. The lowest BCUT2D eigenvalue weighted by molar-refractivity contribution is 0.102. The van der Waals surface area contributed by atoms with Gasteiger partial charge in [0.25, 0.3) is 5.91 Å². The summed E-state index contributed by atoms with van der Waals surface area (Å²) in [6.45, 7) is 3.73. The molecule has 0 aliphatic carbocycles. The van der Waals surface area contributed by atoms with Crippen molar-refractivity contribution in [2.24, 2.45) is 0 Å². The first-order chi connectivity index (χ1) is 10.3. The third-order valence-corrected chi connectivity index (χ3v) is 4.17. The topological polar surface area (TPSA) is 89.0 Å². The molecule has 0 aliphatic heterocycles. The van der Waals surface area contributed by atoms with E-state index in [1.165, 1.54) is 24.3 Å². The molecule has 0 saturated carbocycles. The number of amides is 1. The normalized spacial score (nSPS) is 11.2. The first-order valence-corrected chi connectivity index (χ1v) is 8.65. The molecule has 0 radical (unpaired) electrons. The minimum absolute atomic E-state index is 0.176. The molecule has 2 rings (SSSR count). The minimum Gasteiger partial charge on any atom is -0.306 e. The van der Waals surface area contributed by atoms with Gasteiger partial charge < -0.3 is 5.32 Å². The van der Waals surface area contributed by atoms with E-state index in [1.807, 2.05) is 6.92 Å². The van der Waals surface area contributed by atoms with Crippen molar-refractivity contribution < 1.29 is 13.2 Å². The largest absolute Gasteiger partial charge is 0.306 e. The van der Waals surface area contributed by atoms with Gasteiger partial charge in [0.05, 0.1) is 4.90 Å². The smallest absolute Gasteiger partial charge is 0.256 e. The Morgan fingerprint density at radius 3 is 2.36 bits per heavy atom. The molecule has 0 aliphatic rings. The summed E-state index contributed by atoms with van der Waals surface area (Å²) in [4.78, 5) is 20.7. The second-order valence-corrected chi connectivity index (χ2v) is 6.91. The van der Waals surface area contributed by atoms with Gasteiger partial charge >= 0.3 is 0 Å². The van der Waals surface area contributed by atoms with E-state index in [1.54, 1.807) is 13.0 Å². The molecule has 6 nitrogen and oxygen atoms in total. The molecular weight excluding hydrogens is 302 g/mol. The summed E-state index contributed by atoms with van der Waals surface area (Å²) in [5, 5.41) is 2.69. The zero-order chi connectivity index (χ0) is 16.3. The van der Waals surface area contributed by atoms with Gasteiger partial charge in [-0.15, -0.1) is 0 Å². The first kappa shape index (κ1) is 16.1. The molecule has 0 saturated heterocycles. The number of sulfone groups is 1. The summed E-state index contributed by atoms with van der Waals surface area (Å²) in [6.07, 6.45) is 1.87. The maximum atomic E-state index is 12.2. The highest BCUT2D eigenvalue weighted by Gasteiger charge is 2.11. The summed E-state index contributed by atoms with van der Waals surface area (Å²) < 4.78 is 22.8. The standard InChI is InChI=1S/C15H17N3O3S/c1-4-12-9-14(17-10(2)16-12)18-15(19)11-5-7-13(8-6-11)22(3,20)21/h5-9H,4H2,1-3H3,(H,16,17,18,19). The third kappa shape index (κ3) is 3.88. The zero-order valence-electron chi connectivity index (χ0n) is 12.6. The van der Waals surface area contributed by atoms with Gasteiger partial charge in [-0.25, -0.2) is 18.4 Å². The van der Waals surface area contributed by atoms with Crippen LogP contribution in [0.3, 0.4) is 0 Å². The van der Waals surface area contributed by atoms with Crippen molar-refractivity contribution in [1.82, 2.24) is 9.97 Å². The number of benzene rings is 1. The van der Waals surface area contributed by atoms with Crippen LogP contribution in [0.25, 0.3) is 0 Å². The fourth-order valence-electron chi connectivity index (χ4n) is 1.92. The van der Waals surface area contributed by atoms with Crippen molar-refractivity contribution in [2.75, 3.05) is 11.6 Å². The molecule has 0 spiro atoms. The van der Waals surface area contributed by atoms with Gasteiger partial charge in [0.2, 0.25) is 0 Å². The van der Waals surface area contributed by atoms with E-state index >= 15 is 0 Å². The fraction of sp³-hybridized carbons (Fsp3) is 0.267. The summed E-state index contributed by atoms with van der Waals surface area (Å²) in [5.41, 5.74) is 1.21. The SMILES string of the molecule is CCc1cc(NC(=O)c2ccc(S(C)(=O)=O)cc2)nc(C)n1. The van der Waals surface area contributed by atoms with Crippen molar-refractivity contribution in [2.45, 2.75) is 25.2 Å². The molecule has 1 aromatic heterocycles. The Morgan fingerprint density at radius 1 is 1.18 bits per heavy atom. The number of rotatable bonds is 4. The van der Waals surface area contributed by atoms with Crippen LogP contribution in [0.4, 0.5) is 5.82 Å². The number of nitrogens with one attached hydrogen (secondary N) is 1. The van der Waals surface area contributed by atoms with Crippen LogP contribution in [0.15, 0.2) is 35.2 Å². The van der Waals surface area contributed by atoms with E-state index in [9.17, 15) is 13.2 Å². The number of nitrogens with zero attached hydrogens (tertiary/aromatic N) is 2. The van der Waals surface area contributed by atoms with E-state index in [0.29, 0.717) is 17.2 Å². The van der Waals surface area contributed by atoms with Crippen LogP contribution in [0, 0.1) is 6.92 Å². The Balaban J connectivity index is 2.21. The van der Waals surface area contributed by atoms with Crippen molar-refractivity contribution in [3.05, 3.63) is 47.4 Å². The van der Waals surface area contributed by atoms with Crippen LogP contribution < -0.4 is 5.32 Å². The van der Waals surface area contributed by atoms with Crippen LogP contribution in [0.2, 0.25) is 0 Å². The average Bonchev–Trinajstić information content (AvgIpc) is 2.45. The maximum Gasteiger partial charge on any atom is 0.256 e. The summed E-state index contributed by atoms with van der Waals surface area (Å²) in [6, 6.07) is 7.48. The van der Waals surface area contributed by atoms with E-state index in [-0.39, 0.29) is 10.8 Å². The second-order valence-electron chi connectivity index (χ2n) is 4.90. The number of carbonyl (C=O) groups excluding carboxylic acids is 1. The molecule has 116 valence electrons. The summed E-state index contributed by atoms with van der Waals surface area (Å²) >= 11 is 0.